The van der Waals surface area contributed by atoms with Crippen molar-refractivity contribution in [3.8, 4) is 12.3 Å². The molecule has 1 nitrogen and oxygen atoms in total. The Labute approximate surface area is 119 Å². The van der Waals surface area contributed by atoms with Gasteiger partial charge in [-0.3, -0.25) is 0 Å². The molecule has 0 heterocycles. The number of unbranched alkanes of at least 4 members (excludes halogenated alkanes) is 1. The first-order chi connectivity index (χ1) is 9.05. The van der Waals surface area contributed by atoms with Gasteiger partial charge in [0.2, 0.25) is 0 Å². The molecule has 0 radical (unpaired) electrons. The van der Waals surface area contributed by atoms with Crippen LogP contribution in [0.1, 0.15) is 59.8 Å². The predicted octanol–water partition coefficient (Wildman–Crippen LogP) is 4.89. The SMILES string of the molecule is C#CC1(OCC(CC)CCCC)C=C(C)C=C(C)C1. The Morgan fingerprint density at radius 1 is 1.42 bits per heavy atom. The molecule has 0 spiro atoms. The lowest BCUT2D eigenvalue weighted by atomic mass is 9.87. The van der Waals surface area contributed by atoms with E-state index in [1.165, 1.54) is 30.4 Å². The zero-order valence-electron chi connectivity index (χ0n) is 13.0. The molecule has 1 aliphatic carbocycles. The summed E-state index contributed by atoms with van der Waals surface area (Å²) < 4.78 is 6.16. The van der Waals surface area contributed by atoms with Crippen LogP contribution in [0, 0.1) is 18.3 Å². The molecule has 0 saturated heterocycles. The maximum Gasteiger partial charge on any atom is 0.151 e. The number of hydrogen-bond donors (Lipinski definition) is 0. The van der Waals surface area contributed by atoms with Crippen LogP contribution < -0.4 is 0 Å². The van der Waals surface area contributed by atoms with E-state index >= 15 is 0 Å². The minimum Gasteiger partial charge on any atom is -0.358 e. The second-order valence-electron chi connectivity index (χ2n) is 5.82. The van der Waals surface area contributed by atoms with Crippen molar-refractivity contribution in [1.29, 1.82) is 0 Å². The Hall–Kier alpha value is -1.00. The van der Waals surface area contributed by atoms with Gasteiger partial charge in [-0.15, -0.1) is 6.42 Å². The molecule has 0 aromatic carbocycles. The standard InChI is InChI=1S/C18H28O/c1-6-9-10-17(7-2)14-19-18(8-3)12-15(4)11-16(5)13-18/h3,11-12,17H,6-7,9-10,13-14H2,1-2,4-5H3. The Balaban J connectivity index is 2.63. The quantitative estimate of drug-likeness (QED) is 0.592. The summed E-state index contributed by atoms with van der Waals surface area (Å²) >= 11 is 0. The minimum atomic E-state index is -0.511. The van der Waals surface area contributed by atoms with Crippen LogP contribution in [0.3, 0.4) is 0 Å². The Morgan fingerprint density at radius 3 is 2.68 bits per heavy atom. The molecule has 1 rings (SSSR count). The van der Waals surface area contributed by atoms with E-state index in [4.69, 9.17) is 11.2 Å². The van der Waals surface area contributed by atoms with Crippen molar-refractivity contribution < 1.29 is 4.74 Å². The van der Waals surface area contributed by atoms with Gasteiger partial charge >= 0.3 is 0 Å². The molecule has 1 heteroatoms. The monoisotopic (exact) mass is 260 g/mol. The molecule has 2 atom stereocenters. The molecule has 1 aliphatic rings. The molecule has 0 fully saturated rings. The van der Waals surface area contributed by atoms with E-state index in [0.29, 0.717) is 5.92 Å². The Morgan fingerprint density at radius 2 is 2.16 bits per heavy atom. The van der Waals surface area contributed by atoms with Crippen molar-refractivity contribution in [2.24, 2.45) is 5.92 Å². The fourth-order valence-electron chi connectivity index (χ4n) is 2.71. The lowest BCUT2D eigenvalue weighted by Crippen LogP contribution is -2.33. The van der Waals surface area contributed by atoms with Gasteiger partial charge in [-0.05, 0) is 32.3 Å². The highest BCUT2D eigenvalue weighted by Gasteiger charge is 2.29. The average Bonchev–Trinajstić information content (AvgIpc) is 2.38. The molecule has 0 saturated carbocycles. The maximum absolute atomic E-state index is 6.16. The summed E-state index contributed by atoms with van der Waals surface area (Å²) in [5, 5.41) is 0. The van der Waals surface area contributed by atoms with Crippen molar-refractivity contribution >= 4 is 0 Å². The van der Waals surface area contributed by atoms with Gasteiger partial charge in [-0.2, -0.15) is 0 Å². The average molecular weight is 260 g/mol. The van der Waals surface area contributed by atoms with Gasteiger partial charge in [0.05, 0.1) is 6.61 Å². The van der Waals surface area contributed by atoms with Crippen LogP contribution in [0.5, 0.6) is 0 Å². The second kappa shape index (κ2) is 7.56. The minimum absolute atomic E-state index is 0.511. The first-order valence-corrected chi connectivity index (χ1v) is 7.53. The molecule has 0 aliphatic heterocycles. The van der Waals surface area contributed by atoms with E-state index < -0.39 is 5.60 Å². The van der Waals surface area contributed by atoms with E-state index in [9.17, 15) is 0 Å². The summed E-state index contributed by atoms with van der Waals surface area (Å²) in [6.07, 6.45) is 15.8. The van der Waals surface area contributed by atoms with Crippen LogP contribution >= 0.6 is 0 Å². The van der Waals surface area contributed by atoms with Crippen LogP contribution in [0.25, 0.3) is 0 Å². The number of hydrogen-bond acceptors (Lipinski definition) is 1. The highest BCUT2D eigenvalue weighted by Crippen LogP contribution is 2.30. The van der Waals surface area contributed by atoms with Crippen LogP contribution in [0.4, 0.5) is 0 Å². The third kappa shape index (κ3) is 4.88. The van der Waals surface area contributed by atoms with Crippen molar-refractivity contribution in [3.05, 3.63) is 23.3 Å². The molecule has 0 aromatic rings. The van der Waals surface area contributed by atoms with Crippen molar-refractivity contribution in [1.82, 2.24) is 0 Å². The predicted molar refractivity (Wildman–Crippen MR) is 83.0 cm³/mol. The summed E-state index contributed by atoms with van der Waals surface area (Å²) in [6.45, 7) is 9.46. The molecule has 0 bridgehead atoms. The van der Waals surface area contributed by atoms with Crippen LogP contribution in [0.15, 0.2) is 23.3 Å². The van der Waals surface area contributed by atoms with Crippen LogP contribution in [-0.2, 0) is 4.74 Å². The zero-order chi connectivity index (χ0) is 14.3. The van der Waals surface area contributed by atoms with Gasteiger partial charge in [-0.1, -0.05) is 56.3 Å². The second-order valence-corrected chi connectivity index (χ2v) is 5.82. The van der Waals surface area contributed by atoms with Gasteiger partial charge in [-0.25, -0.2) is 0 Å². The number of rotatable bonds is 7. The van der Waals surface area contributed by atoms with E-state index in [0.717, 1.165) is 19.4 Å². The van der Waals surface area contributed by atoms with Gasteiger partial charge < -0.3 is 4.74 Å². The first-order valence-electron chi connectivity index (χ1n) is 7.53. The van der Waals surface area contributed by atoms with Crippen LogP contribution in [-0.4, -0.2) is 12.2 Å². The molecule has 106 valence electrons. The third-order valence-electron chi connectivity index (χ3n) is 3.84. The molecule has 2 unspecified atom stereocenters. The first kappa shape index (κ1) is 16.1. The Kier molecular flexibility index (Phi) is 6.38. The third-order valence-corrected chi connectivity index (χ3v) is 3.84. The lowest BCUT2D eigenvalue weighted by molar-refractivity contribution is 0.00826. The van der Waals surface area contributed by atoms with Gasteiger partial charge in [0, 0.05) is 6.42 Å². The van der Waals surface area contributed by atoms with E-state index in [2.05, 4.69) is 45.8 Å². The van der Waals surface area contributed by atoms with Gasteiger partial charge in [0.1, 0.15) is 0 Å². The molecular weight excluding hydrogens is 232 g/mol. The fraction of sp³-hybridized carbons (Fsp3) is 0.667. The van der Waals surface area contributed by atoms with Crippen molar-refractivity contribution in [2.45, 2.75) is 65.4 Å². The highest BCUT2D eigenvalue weighted by molar-refractivity contribution is 5.37. The molecule has 0 N–H and O–H groups in total. The summed E-state index contributed by atoms with van der Waals surface area (Å²) in [5.41, 5.74) is 2.01. The van der Waals surface area contributed by atoms with E-state index in [1.807, 2.05) is 0 Å². The van der Waals surface area contributed by atoms with Gasteiger partial charge in [0.25, 0.3) is 0 Å². The van der Waals surface area contributed by atoms with Gasteiger partial charge in [0.15, 0.2) is 5.60 Å². The largest absolute Gasteiger partial charge is 0.358 e. The van der Waals surface area contributed by atoms with Crippen molar-refractivity contribution in [2.75, 3.05) is 6.61 Å². The summed E-state index contributed by atoms with van der Waals surface area (Å²) in [4.78, 5) is 0. The molecular formula is C18H28O. The van der Waals surface area contributed by atoms with Crippen LogP contribution in [0.2, 0.25) is 0 Å². The summed E-state index contributed by atoms with van der Waals surface area (Å²) in [5.74, 6) is 3.50. The number of ether oxygens (including phenoxy) is 1. The Bertz CT molecular complexity index is 383. The normalized spacial score (nSPS) is 24.4. The molecule has 0 aromatic heterocycles. The van der Waals surface area contributed by atoms with E-state index in [-0.39, 0.29) is 0 Å². The topological polar surface area (TPSA) is 9.23 Å². The highest BCUT2D eigenvalue weighted by atomic mass is 16.5. The summed E-state index contributed by atoms with van der Waals surface area (Å²) in [6, 6.07) is 0. The number of terminal acetylenes is 1. The molecule has 0 amide bonds. The smallest absolute Gasteiger partial charge is 0.151 e. The maximum atomic E-state index is 6.16. The van der Waals surface area contributed by atoms with E-state index in [1.54, 1.807) is 0 Å². The van der Waals surface area contributed by atoms with Crippen molar-refractivity contribution in [3.63, 3.8) is 0 Å². The summed E-state index contributed by atoms with van der Waals surface area (Å²) in [7, 11) is 0. The zero-order valence-corrected chi connectivity index (χ0v) is 13.0. The lowest BCUT2D eigenvalue weighted by Gasteiger charge is -2.31. The fourth-order valence-corrected chi connectivity index (χ4v) is 2.71. The molecule has 19 heavy (non-hydrogen) atoms. The number of allylic oxidation sites excluding steroid dienone is 2.